The van der Waals surface area contributed by atoms with Gasteiger partial charge in [0.1, 0.15) is 0 Å². The molecule has 1 aliphatic rings. The summed E-state index contributed by atoms with van der Waals surface area (Å²) in [5.74, 6) is -0.481. The van der Waals surface area contributed by atoms with Crippen molar-refractivity contribution < 1.29 is 9.47 Å². The first-order valence-electron chi connectivity index (χ1n) is 4.04. The number of aryl methyl sites for hydroxylation is 1. The summed E-state index contributed by atoms with van der Waals surface area (Å²) in [6.07, 6.45) is 0. The van der Waals surface area contributed by atoms with E-state index in [1.54, 1.807) is 11.3 Å². The van der Waals surface area contributed by atoms with Crippen LogP contribution < -0.4 is 0 Å². The third-order valence-electron chi connectivity index (χ3n) is 2.09. The maximum absolute atomic E-state index is 5.52. The molecule has 1 aromatic rings. The van der Waals surface area contributed by atoms with Crippen molar-refractivity contribution in [3.63, 3.8) is 0 Å². The summed E-state index contributed by atoms with van der Waals surface area (Å²) in [7, 11) is 0. The van der Waals surface area contributed by atoms with E-state index in [0.29, 0.717) is 13.2 Å². The summed E-state index contributed by atoms with van der Waals surface area (Å²) in [5, 5.41) is 2.10. The number of hydrogen-bond acceptors (Lipinski definition) is 3. The minimum Gasteiger partial charge on any atom is -0.344 e. The summed E-state index contributed by atoms with van der Waals surface area (Å²) < 4.78 is 11.0. The molecule has 1 aliphatic heterocycles. The zero-order valence-electron chi connectivity index (χ0n) is 7.29. The van der Waals surface area contributed by atoms with Gasteiger partial charge in [-0.25, -0.2) is 0 Å². The second-order valence-corrected chi connectivity index (χ2v) is 4.20. The highest BCUT2D eigenvalue weighted by molar-refractivity contribution is 7.10. The third kappa shape index (κ3) is 1.28. The fourth-order valence-corrected chi connectivity index (χ4v) is 2.15. The van der Waals surface area contributed by atoms with Crippen LogP contribution in [0, 0.1) is 6.92 Å². The van der Waals surface area contributed by atoms with E-state index in [1.165, 1.54) is 4.88 Å². The molecule has 0 atom stereocenters. The number of hydrogen-bond donors (Lipinski definition) is 0. The molecular weight excluding hydrogens is 172 g/mol. The van der Waals surface area contributed by atoms with Crippen molar-refractivity contribution in [1.29, 1.82) is 0 Å². The molecule has 0 radical (unpaired) electrons. The second kappa shape index (κ2) is 2.83. The highest BCUT2D eigenvalue weighted by Crippen LogP contribution is 2.33. The van der Waals surface area contributed by atoms with Crippen molar-refractivity contribution in [2.45, 2.75) is 19.6 Å². The van der Waals surface area contributed by atoms with E-state index in [9.17, 15) is 0 Å². The monoisotopic (exact) mass is 184 g/mol. The average Bonchev–Trinajstić information content (AvgIpc) is 2.59. The lowest BCUT2D eigenvalue weighted by molar-refractivity contribution is -0.149. The van der Waals surface area contributed by atoms with E-state index in [1.807, 2.05) is 6.92 Å². The van der Waals surface area contributed by atoms with Crippen molar-refractivity contribution in [2.75, 3.05) is 13.2 Å². The van der Waals surface area contributed by atoms with Gasteiger partial charge in [0.25, 0.3) is 0 Å². The quantitative estimate of drug-likeness (QED) is 0.666. The van der Waals surface area contributed by atoms with E-state index in [-0.39, 0.29) is 0 Å². The van der Waals surface area contributed by atoms with E-state index in [0.717, 1.165) is 5.56 Å². The molecule has 0 spiro atoms. The Hall–Kier alpha value is -0.380. The maximum Gasteiger partial charge on any atom is 0.192 e. The van der Waals surface area contributed by atoms with Crippen LogP contribution in [0.5, 0.6) is 0 Å². The van der Waals surface area contributed by atoms with Gasteiger partial charge >= 0.3 is 0 Å². The average molecular weight is 184 g/mol. The van der Waals surface area contributed by atoms with Gasteiger partial charge in [-0.3, -0.25) is 0 Å². The van der Waals surface area contributed by atoms with Crippen LogP contribution in [0.15, 0.2) is 11.4 Å². The Balaban J connectivity index is 2.28. The molecule has 3 heteroatoms. The van der Waals surface area contributed by atoms with Crippen LogP contribution in [-0.4, -0.2) is 13.2 Å². The van der Waals surface area contributed by atoms with Crippen LogP contribution in [0.1, 0.15) is 17.4 Å². The first kappa shape index (κ1) is 8.23. The van der Waals surface area contributed by atoms with Gasteiger partial charge in [0.2, 0.25) is 0 Å². The topological polar surface area (TPSA) is 18.5 Å². The smallest absolute Gasteiger partial charge is 0.192 e. The lowest BCUT2D eigenvalue weighted by atomic mass is 10.1. The molecule has 2 rings (SSSR count). The Labute approximate surface area is 76.1 Å². The molecule has 12 heavy (non-hydrogen) atoms. The second-order valence-electron chi connectivity index (χ2n) is 3.09. The van der Waals surface area contributed by atoms with Crippen LogP contribution in [0.25, 0.3) is 0 Å². The molecular formula is C9H12O2S. The fraction of sp³-hybridized carbons (Fsp3) is 0.556. The van der Waals surface area contributed by atoms with Crippen molar-refractivity contribution in [2.24, 2.45) is 0 Å². The Morgan fingerprint density at radius 1 is 1.42 bits per heavy atom. The largest absolute Gasteiger partial charge is 0.344 e. The molecule has 0 aromatic carbocycles. The zero-order chi connectivity index (χ0) is 8.60. The minimum absolute atomic E-state index is 0.481. The van der Waals surface area contributed by atoms with Crippen molar-refractivity contribution in [3.8, 4) is 0 Å². The predicted octanol–water partition coefficient (Wildman–Crippen LogP) is 2.28. The molecule has 2 nitrogen and oxygen atoms in total. The first-order valence-corrected chi connectivity index (χ1v) is 4.92. The third-order valence-corrected chi connectivity index (χ3v) is 2.95. The lowest BCUT2D eigenvalue weighted by Crippen LogP contribution is -2.21. The molecule has 0 N–H and O–H groups in total. The highest BCUT2D eigenvalue weighted by Gasteiger charge is 2.33. The van der Waals surface area contributed by atoms with Gasteiger partial charge < -0.3 is 9.47 Å². The van der Waals surface area contributed by atoms with Gasteiger partial charge in [-0.15, -0.1) is 11.3 Å². The van der Waals surface area contributed by atoms with Crippen LogP contribution >= 0.6 is 11.3 Å². The summed E-state index contributed by atoms with van der Waals surface area (Å²) in [4.78, 5) is 1.30. The standard InChI is InChI=1S/C9H12O2S/c1-7-5-8(6-12-7)9(2)10-3-4-11-9/h5-6H,3-4H2,1-2H3. The SMILES string of the molecule is Cc1cc(C2(C)OCCO2)cs1. The molecule has 66 valence electrons. The van der Waals surface area contributed by atoms with Crippen LogP contribution in [0.4, 0.5) is 0 Å². The van der Waals surface area contributed by atoms with Crippen molar-refractivity contribution in [1.82, 2.24) is 0 Å². The van der Waals surface area contributed by atoms with Gasteiger partial charge in [0, 0.05) is 10.4 Å². The fourth-order valence-electron chi connectivity index (χ4n) is 1.36. The predicted molar refractivity (Wildman–Crippen MR) is 48.3 cm³/mol. The van der Waals surface area contributed by atoms with E-state index in [4.69, 9.17) is 9.47 Å². The van der Waals surface area contributed by atoms with Gasteiger partial charge in [0.15, 0.2) is 5.79 Å². The van der Waals surface area contributed by atoms with Crippen LogP contribution in [-0.2, 0) is 15.3 Å². The zero-order valence-corrected chi connectivity index (χ0v) is 8.11. The molecule has 0 amide bonds. The molecule has 0 saturated carbocycles. The van der Waals surface area contributed by atoms with Crippen molar-refractivity contribution >= 4 is 11.3 Å². The molecule has 1 fully saturated rings. The van der Waals surface area contributed by atoms with Gasteiger partial charge in [-0.05, 0) is 25.3 Å². The van der Waals surface area contributed by atoms with Crippen LogP contribution in [0.2, 0.25) is 0 Å². The number of rotatable bonds is 1. The Kier molecular flexibility index (Phi) is 1.94. The van der Waals surface area contributed by atoms with Crippen LogP contribution in [0.3, 0.4) is 0 Å². The summed E-state index contributed by atoms with van der Waals surface area (Å²) in [6.45, 7) is 5.46. The molecule has 0 unspecified atom stereocenters. The molecule has 1 saturated heterocycles. The Bertz CT molecular complexity index is 274. The summed E-state index contributed by atoms with van der Waals surface area (Å²) >= 11 is 1.73. The first-order chi connectivity index (χ1) is 5.71. The van der Waals surface area contributed by atoms with E-state index in [2.05, 4.69) is 18.4 Å². The normalized spacial score (nSPS) is 21.5. The summed E-state index contributed by atoms with van der Waals surface area (Å²) in [5.41, 5.74) is 1.14. The van der Waals surface area contributed by atoms with Gasteiger partial charge in [-0.2, -0.15) is 0 Å². The maximum atomic E-state index is 5.52. The minimum atomic E-state index is -0.481. The van der Waals surface area contributed by atoms with E-state index >= 15 is 0 Å². The lowest BCUT2D eigenvalue weighted by Gasteiger charge is -2.20. The molecule has 1 aromatic heterocycles. The summed E-state index contributed by atoms with van der Waals surface area (Å²) in [6, 6.07) is 2.12. The molecule has 0 aliphatic carbocycles. The van der Waals surface area contributed by atoms with E-state index < -0.39 is 5.79 Å². The highest BCUT2D eigenvalue weighted by atomic mass is 32.1. The van der Waals surface area contributed by atoms with Crippen molar-refractivity contribution in [3.05, 3.63) is 21.9 Å². The molecule has 0 bridgehead atoms. The number of thiophene rings is 1. The molecule has 2 heterocycles. The Morgan fingerprint density at radius 2 is 2.08 bits per heavy atom. The Morgan fingerprint density at radius 3 is 2.58 bits per heavy atom. The van der Waals surface area contributed by atoms with Gasteiger partial charge in [0.05, 0.1) is 13.2 Å². The van der Waals surface area contributed by atoms with Gasteiger partial charge in [-0.1, -0.05) is 0 Å². The number of ether oxygens (including phenoxy) is 2.